The highest BCUT2D eigenvalue weighted by Gasteiger charge is 2.12. The van der Waals surface area contributed by atoms with E-state index in [4.69, 9.17) is 0 Å². The van der Waals surface area contributed by atoms with Crippen molar-refractivity contribution in [2.45, 2.75) is 26.8 Å². The van der Waals surface area contributed by atoms with Gasteiger partial charge in [0, 0.05) is 13.1 Å². The molecule has 0 bridgehead atoms. The molecule has 114 valence electrons. The zero-order valence-electron chi connectivity index (χ0n) is 12.7. The van der Waals surface area contributed by atoms with Crippen LogP contribution in [-0.2, 0) is 13.0 Å². The molecule has 0 atom stereocenters. The smallest absolute Gasteiger partial charge is 0.155 e. The number of anilines is 1. The Kier molecular flexibility index (Phi) is 4.00. The lowest BCUT2D eigenvalue weighted by molar-refractivity contribution is 0.627. The first-order valence-electron chi connectivity index (χ1n) is 7.35. The molecule has 0 radical (unpaired) electrons. The number of aromatic nitrogens is 4. The summed E-state index contributed by atoms with van der Waals surface area (Å²) in [4.78, 5) is 8.64. The van der Waals surface area contributed by atoms with E-state index < -0.39 is 0 Å². The first-order valence-corrected chi connectivity index (χ1v) is 7.35. The van der Waals surface area contributed by atoms with Crippen molar-refractivity contribution < 1.29 is 4.39 Å². The Hall–Kier alpha value is -2.50. The molecule has 0 aliphatic carbocycles. The normalized spacial score (nSPS) is 11.0. The molecule has 2 heterocycles. The molecule has 22 heavy (non-hydrogen) atoms. The van der Waals surface area contributed by atoms with Gasteiger partial charge < -0.3 is 5.32 Å². The van der Waals surface area contributed by atoms with E-state index >= 15 is 0 Å². The van der Waals surface area contributed by atoms with E-state index in [0.29, 0.717) is 6.54 Å². The fourth-order valence-electron chi connectivity index (χ4n) is 2.50. The highest BCUT2D eigenvalue weighted by molar-refractivity contribution is 5.87. The van der Waals surface area contributed by atoms with E-state index in [9.17, 15) is 4.39 Å². The Morgan fingerprint density at radius 1 is 1.18 bits per heavy atom. The molecular weight excluding hydrogens is 281 g/mol. The fourth-order valence-corrected chi connectivity index (χ4v) is 2.50. The van der Waals surface area contributed by atoms with E-state index in [-0.39, 0.29) is 5.82 Å². The van der Waals surface area contributed by atoms with Crippen molar-refractivity contribution in [2.24, 2.45) is 0 Å². The monoisotopic (exact) mass is 299 g/mol. The number of aryl methyl sites for hydroxylation is 2. The predicted octanol–water partition coefficient (Wildman–Crippen LogP) is 2.95. The SMILES string of the molecule is CCn1nc(C)c2ncnc(NCCc3ccc(F)cc3)c21. The maximum absolute atomic E-state index is 12.9. The van der Waals surface area contributed by atoms with Crippen molar-refractivity contribution in [1.82, 2.24) is 19.7 Å². The van der Waals surface area contributed by atoms with Crippen molar-refractivity contribution >= 4 is 16.9 Å². The van der Waals surface area contributed by atoms with Gasteiger partial charge in [0.15, 0.2) is 5.82 Å². The van der Waals surface area contributed by atoms with Crippen LogP contribution >= 0.6 is 0 Å². The lowest BCUT2D eigenvalue weighted by atomic mass is 10.1. The summed E-state index contributed by atoms with van der Waals surface area (Å²) in [6, 6.07) is 6.56. The molecule has 1 N–H and O–H groups in total. The topological polar surface area (TPSA) is 55.6 Å². The van der Waals surface area contributed by atoms with Crippen molar-refractivity contribution in [3.8, 4) is 0 Å². The first kappa shape index (κ1) is 14.4. The van der Waals surface area contributed by atoms with Gasteiger partial charge >= 0.3 is 0 Å². The van der Waals surface area contributed by atoms with E-state index in [1.165, 1.54) is 12.1 Å². The minimum atomic E-state index is -0.212. The van der Waals surface area contributed by atoms with Crippen LogP contribution in [0.3, 0.4) is 0 Å². The highest BCUT2D eigenvalue weighted by Crippen LogP contribution is 2.21. The minimum Gasteiger partial charge on any atom is -0.368 e. The van der Waals surface area contributed by atoms with Crippen LogP contribution in [-0.4, -0.2) is 26.3 Å². The summed E-state index contributed by atoms with van der Waals surface area (Å²) >= 11 is 0. The molecule has 2 aromatic heterocycles. The van der Waals surface area contributed by atoms with Crippen LogP contribution < -0.4 is 5.32 Å². The van der Waals surface area contributed by atoms with Crippen LogP contribution in [0.25, 0.3) is 11.0 Å². The molecular formula is C16H18FN5. The summed E-state index contributed by atoms with van der Waals surface area (Å²) in [5.41, 5.74) is 3.79. The van der Waals surface area contributed by atoms with Crippen molar-refractivity contribution in [3.63, 3.8) is 0 Å². The number of hydrogen-bond donors (Lipinski definition) is 1. The van der Waals surface area contributed by atoms with Gasteiger partial charge in [-0.2, -0.15) is 5.10 Å². The Labute approximate surface area is 128 Å². The van der Waals surface area contributed by atoms with E-state index in [1.807, 2.05) is 18.5 Å². The van der Waals surface area contributed by atoms with Gasteiger partial charge in [-0.1, -0.05) is 12.1 Å². The predicted molar refractivity (Wildman–Crippen MR) is 84.3 cm³/mol. The number of benzene rings is 1. The average Bonchev–Trinajstić information content (AvgIpc) is 2.87. The zero-order valence-corrected chi connectivity index (χ0v) is 12.7. The second-order valence-corrected chi connectivity index (χ2v) is 5.12. The third-order valence-corrected chi connectivity index (χ3v) is 3.61. The van der Waals surface area contributed by atoms with Gasteiger partial charge in [-0.3, -0.25) is 4.68 Å². The van der Waals surface area contributed by atoms with Crippen LogP contribution in [0.2, 0.25) is 0 Å². The molecule has 0 saturated carbocycles. The van der Waals surface area contributed by atoms with Gasteiger partial charge in [-0.15, -0.1) is 0 Å². The Morgan fingerprint density at radius 3 is 2.68 bits per heavy atom. The highest BCUT2D eigenvalue weighted by atomic mass is 19.1. The van der Waals surface area contributed by atoms with Crippen LogP contribution in [0.4, 0.5) is 10.2 Å². The quantitative estimate of drug-likeness (QED) is 0.787. The second-order valence-electron chi connectivity index (χ2n) is 5.12. The average molecular weight is 299 g/mol. The summed E-state index contributed by atoms with van der Waals surface area (Å²) in [7, 11) is 0. The lowest BCUT2D eigenvalue weighted by Gasteiger charge is -2.08. The van der Waals surface area contributed by atoms with Gasteiger partial charge in [-0.05, 0) is 38.0 Å². The lowest BCUT2D eigenvalue weighted by Crippen LogP contribution is -2.09. The molecule has 0 saturated heterocycles. The van der Waals surface area contributed by atoms with Crippen molar-refractivity contribution in [2.75, 3.05) is 11.9 Å². The second kappa shape index (κ2) is 6.09. The maximum Gasteiger partial charge on any atom is 0.155 e. The molecule has 6 heteroatoms. The Balaban J connectivity index is 1.77. The van der Waals surface area contributed by atoms with Crippen LogP contribution in [0.5, 0.6) is 0 Å². The summed E-state index contributed by atoms with van der Waals surface area (Å²) in [6.07, 6.45) is 2.35. The molecule has 0 spiro atoms. The third-order valence-electron chi connectivity index (χ3n) is 3.61. The molecule has 0 aliphatic rings. The number of nitrogens with one attached hydrogen (secondary N) is 1. The molecule has 3 rings (SSSR count). The summed E-state index contributed by atoms with van der Waals surface area (Å²) in [5.74, 6) is 0.575. The summed E-state index contributed by atoms with van der Waals surface area (Å²) in [5, 5.41) is 7.81. The van der Waals surface area contributed by atoms with Crippen LogP contribution in [0, 0.1) is 12.7 Å². The van der Waals surface area contributed by atoms with Crippen molar-refractivity contribution in [3.05, 3.63) is 47.7 Å². The molecule has 1 aromatic carbocycles. The Bertz CT molecular complexity index is 779. The van der Waals surface area contributed by atoms with E-state index in [0.717, 1.165) is 41.1 Å². The number of fused-ring (bicyclic) bond motifs is 1. The van der Waals surface area contributed by atoms with Gasteiger partial charge in [0.2, 0.25) is 0 Å². The number of hydrogen-bond acceptors (Lipinski definition) is 4. The molecule has 3 aromatic rings. The van der Waals surface area contributed by atoms with Gasteiger partial charge in [0.05, 0.1) is 5.69 Å². The molecule has 0 unspecified atom stereocenters. The maximum atomic E-state index is 12.9. The van der Waals surface area contributed by atoms with E-state index in [2.05, 4.69) is 20.4 Å². The number of nitrogens with zero attached hydrogens (tertiary/aromatic N) is 4. The van der Waals surface area contributed by atoms with Gasteiger partial charge in [0.25, 0.3) is 0 Å². The fraction of sp³-hybridized carbons (Fsp3) is 0.312. The first-order chi connectivity index (χ1) is 10.7. The minimum absolute atomic E-state index is 0.212. The Morgan fingerprint density at radius 2 is 1.95 bits per heavy atom. The number of halogens is 1. The van der Waals surface area contributed by atoms with Crippen molar-refractivity contribution in [1.29, 1.82) is 0 Å². The molecule has 0 aliphatic heterocycles. The third kappa shape index (κ3) is 2.77. The molecule has 0 fully saturated rings. The van der Waals surface area contributed by atoms with Crippen LogP contribution in [0.1, 0.15) is 18.2 Å². The summed E-state index contributed by atoms with van der Waals surface area (Å²) < 4.78 is 14.8. The largest absolute Gasteiger partial charge is 0.368 e. The zero-order chi connectivity index (χ0) is 15.5. The van der Waals surface area contributed by atoms with Gasteiger partial charge in [0.1, 0.15) is 23.2 Å². The number of rotatable bonds is 5. The molecule has 5 nitrogen and oxygen atoms in total. The molecule has 0 amide bonds. The van der Waals surface area contributed by atoms with Crippen LogP contribution in [0.15, 0.2) is 30.6 Å². The standard InChI is InChI=1S/C16H18FN5/c1-3-22-15-14(11(2)21-22)19-10-20-16(15)18-9-8-12-4-6-13(17)7-5-12/h4-7,10H,3,8-9H2,1-2H3,(H,18,19,20). The summed E-state index contributed by atoms with van der Waals surface area (Å²) in [6.45, 7) is 5.47. The van der Waals surface area contributed by atoms with Gasteiger partial charge in [-0.25, -0.2) is 14.4 Å². The van der Waals surface area contributed by atoms with E-state index in [1.54, 1.807) is 18.5 Å².